The molecular formula is C14H28N2O. The van der Waals surface area contributed by atoms with Gasteiger partial charge in [0.2, 0.25) is 0 Å². The average molecular weight is 240 g/mol. The summed E-state index contributed by atoms with van der Waals surface area (Å²) in [5, 5.41) is 3.55. The van der Waals surface area contributed by atoms with E-state index in [1.54, 1.807) is 0 Å². The monoisotopic (exact) mass is 240 g/mol. The molecule has 100 valence electrons. The molecule has 3 nitrogen and oxygen atoms in total. The van der Waals surface area contributed by atoms with Gasteiger partial charge in [0, 0.05) is 25.2 Å². The van der Waals surface area contributed by atoms with Crippen molar-refractivity contribution in [3.05, 3.63) is 0 Å². The Morgan fingerprint density at radius 3 is 2.88 bits per heavy atom. The van der Waals surface area contributed by atoms with Crippen LogP contribution in [0.1, 0.15) is 39.5 Å². The van der Waals surface area contributed by atoms with Crippen molar-refractivity contribution < 1.29 is 4.74 Å². The second-order valence-corrected chi connectivity index (χ2v) is 5.60. The maximum absolute atomic E-state index is 5.55. The van der Waals surface area contributed by atoms with Crippen molar-refractivity contribution in [3.8, 4) is 0 Å². The van der Waals surface area contributed by atoms with Gasteiger partial charge >= 0.3 is 0 Å². The Morgan fingerprint density at radius 2 is 2.29 bits per heavy atom. The fraction of sp³-hybridized carbons (Fsp3) is 1.00. The second-order valence-electron chi connectivity index (χ2n) is 5.60. The SMILES string of the molecule is CCCN(C1CCCNC1)C(C)C1CCOC1. The van der Waals surface area contributed by atoms with Gasteiger partial charge in [-0.1, -0.05) is 6.92 Å². The normalized spacial score (nSPS) is 31.9. The molecule has 2 heterocycles. The molecule has 3 atom stereocenters. The molecule has 2 rings (SSSR count). The lowest BCUT2D eigenvalue weighted by Crippen LogP contribution is -2.52. The number of hydrogen-bond acceptors (Lipinski definition) is 3. The number of piperidine rings is 1. The Morgan fingerprint density at radius 1 is 1.41 bits per heavy atom. The highest BCUT2D eigenvalue weighted by Gasteiger charge is 2.31. The average Bonchev–Trinajstić information content (AvgIpc) is 2.90. The van der Waals surface area contributed by atoms with Crippen molar-refractivity contribution in [2.24, 2.45) is 5.92 Å². The van der Waals surface area contributed by atoms with E-state index >= 15 is 0 Å². The minimum absolute atomic E-state index is 0.683. The van der Waals surface area contributed by atoms with Gasteiger partial charge in [-0.3, -0.25) is 4.90 Å². The Balaban J connectivity index is 1.93. The zero-order valence-electron chi connectivity index (χ0n) is 11.5. The van der Waals surface area contributed by atoms with Gasteiger partial charge in [-0.05, 0) is 51.6 Å². The maximum Gasteiger partial charge on any atom is 0.0509 e. The highest BCUT2D eigenvalue weighted by atomic mass is 16.5. The molecular weight excluding hydrogens is 212 g/mol. The predicted octanol–water partition coefficient (Wildman–Crippen LogP) is 1.88. The van der Waals surface area contributed by atoms with Crippen LogP contribution in [0, 0.1) is 5.92 Å². The highest BCUT2D eigenvalue weighted by molar-refractivity contribution is 4.86. The maximum atomic E-state index is 5.55. The van der Waals surface area contributed by atoms with Crippen molar-refractivity contribution in [1.29, 1.82) is 0 Å². The summed E-state index contributed by atoms with van der Waals surface area (Å²) in [6.45, 7) is 10.3. The van der Waals surface area contributed by atoms with Crippen molar-refractivity contribution in [3.63, 3.8) is 0 Å². The molecule has 0 aromatic carbocycles. The van der Waals surface area contributed by atoms with Crippen LogP contribution in [-0.4, -0.2) is 49.8 Å². The molecule has 2 fully saturated rings. The fourth-order valence-electron chi connectivity index (χ4n) is 3.30. The van der Waals surface area contributed by atoms with Crippen molar-refractivity contribution >= 4 is 0 Å². The first-order chi connectivity index (χ1) is 8.33. The molecule has 3 heteroatoms. The Hall–Kier alpha value is -0.120. The van der Waals surface area contributed by atoms with Crippen LogP contribution in [-0.2, 0) is 4.74 Å². The molecule has 0 radical (unpaired) electrons. The molecule has 1 N–H and O–H groups in total. The lowest BCUT2D eigenvalue weighted by molar-refractivity contribution is 0.0773. The standard InChI is InChI=1S/C14H28N2O/c1-3-8-16(14-5-4-7-15-10-14)12(2)13-6-9-17-11-13/h12-15H,3-11H2,1-2H3. The first-order valence-corrected chi connectivity index (χ1v) is 7.37. The van der Waals surface area contributed by atoms with E-state index in [2.05, 4.69) is 24.1 Å². The summed E-state index contributed by atoms with van der Waals surface area (Å²) in [6.07, 6.45) is 5.21. The molecule has 3 unspecified atom stereocenters. The van der Waals surface area contributed by atoms with Crippen LogP contribution in [0.3, 0.4) is 0 Å². The molecule has 0 bridgehead atoms. The molecule has 2 aliphatic heterocycles. The van der Waals surface area contributed by atoms with E-state index in [-0.39, 0.29) is 0 Å². The lowest BCUT2D eigenvalue weighted by atomic mass is 9.95. The zero-order valence-corrected chi connectivity index (χ0v) is 11.5. The topological polar surface area (TPSA) is 24.5 Å². The van der Waals surface area contributed by atoms with Crippen LogP contribution in [0.2, 0.25) is 0 Å². The number of ether oxygens (including phenoxy) is 1. The van der Waals surface area contributed by atoms with Gasteiger partial charge in [0.1, 0.15) is 0 Å². The van der Waals surface area contributed by atoms with Crippen LogP contribution < -0.4 is 5.32 Å². The predicted molar refractivity (Wildman–Crippen MR) is 71.3 cm³/mol. The first-order valence-electron chi connectivity index (χ1n) is 7.37. The Kier molecular flexibility index (Phi) is 5.26. The summed E-state index contributed by atoms with van der Waals surface area (Å²) in [7, 11) is 0. The van der Waals surface area contributed by atoms with Crippen LogP contribution in [0.5, 0.6) is 0 Å². The minimum Gasteiger partial charge on any atom is -0.381 e. The van der Waals surface area contributed by atoms with Gasteiger partial charge < -0.3 is 10.1 Å². The largest absolute Gasteiger partial charge is 0.381 e. The van der Waals surface area contributed by atoms with E-state index in [9.17, 15) is 0 Å². The van der Waals surface area contributed by atoms with Crippen molar-refractivity contribution in [2.75, 3.05) is 32.8 Å². The highest BCUT2D eigenvalue weighted by Crippen LogP contribution is 2.24. The quantitative estimate of drug-likeness (QED) is 0.794. The first kappa shape index (κ1) is 13.3. The smallest absolute Gasteiger partial charge is 0.0509 e. The van der Waals surface area contributed by atoms with E-state index in [4.69, 9.17) is 4.74 Å². The molecule has 0 amide bonds. The number of nitrogens with one attached hydrogen (secondary N) is 1. The number of hydrogen-bond donors (Lipinski definition) is 1. The van der Waals surface area contributed by atoms with Crippen molar-refractivity contribution in [1.82, 2.24) is 10.2 Å². The summed E-state index contributed by atoms with van der Waals surface area (Å²) in [5.41, 5.74) is 0. The third-order valence-corrected chi connectivity index (χ3v) is 4.39. The van der Waals surface area contributed by atoms with E-state index in [0.29, 0.717) is 6.04 Å². The van der Waals surface area contributed by atoms with Crippen molar-refractivity contribution in [2.45, 2.75) is 51.6 Å². The summed E-state index contributed by atoms with van der Waals surface area (Å²) >= 11 is 0. The molecule has 0 spiro atoms. The molecule has 0 saturated carbocycles. The Bertz CT molecular complexity index is 210. The van der Waals surface area contributed by atoms with E-state index in [0.717, 1.165) is 25.2 Å². The summed E-state index contributed by atoms with van der Waals surface area (Å²) in [5.74, 6) is 0.753. The molecule has 2 saturated heterocycles. The number of nitrogens with zero attached hydrogens (tertiary/aromatic N) is 1. The molecule has 0 aliphatic carbocycles. The summed E-state index contributed by atoms with van der Waals surface area (Å²) in [6, 6.07) is 1.43. The molecule has 0 aromatic heterocycles. The second kappa shape index (κ2) is 6.72. The van der Waals surface area contributed by atoms with Crippen LogP contribution >= 0.6 is 0 Å². The molecule has 0 aromatic rings. The minimum atomic E-state index is 0.683. The van der Waals surface area contributed by atoms with Crippen LogP contribution in [0.15, 0.2) is 0 Å². The van der Waals surface area contributed by atoms with Gasteiger partial charge in [0.15, 0.2) is 0 Å². The fourth-order valence-corrected chi connectivity index (χ4v) is 3.30. The summed E-state index contributed by atoms with van der Waals surface area (Å²) in [4.78, 5) is 2.74. The van der Waals surface area contributed by atoms with Crippen LogP contribution in [0.25, 0.3) is 0 Å². The third-order valence-electron chi connectivity index (χ3n) is 4.39. The Labute approximate surface area is 106 Å². The van der Waals surface area contributed by atoms with Gasteiger partial charge in [-0.2, -0.15) is 0 Å². The summed E-state index contributed by atoms with van der Waals surface area (Å²) < 4.78 is 5.55. The van der Waals surface area contributed by atoms with Gasteiger partial charge in [0.25, 0.3) is 0 Å². The van der Waals surface area contributed by atoms with Gasteiger partial charge in [-0.25, -0.2) is 0 Å². The van der Waals surface area contributed by atoms with E-state index in [1.807, 2.05) is 0 Å². The van der Waals surface area contributed by atoms with Gasteiger partial charge in [-0.15, -0.1) is 0 Å². The van der Waals surface area contributed by atoms with E-state index in [1.165, 1.54) is 45.3 Å². The molecule has 2 aliphatic rings. The third kappa shape index (κ3) is 3.43. The van der Waals surface area contributed by atoms with Gasteiger partial charge in [0.05, 0.1) is 6.61 Å². The number of rotatable bonds is 5. The van der Waals surface area contributed by atoms with E-state index < -0.39 is 0 Å². The van der Waals surface area contributed by atoms with Crippen LogP contribution in [0.4, 0.5) is 0 Å². The zero-order chi connectivity index (χ0) is 12.1. The molecule has 17 heavy (non-hydrogen) atoms. The lowest BCUT2D eigenvalue weighted by Gasteiger charge is -2.40.